The number of anilines is 1. The van der Waals surface area contributed by atoms with Crippen LogP contribution in [0.4, 0.5) is 23.4 Å². The molecule has 1 N–H and O–H groups in total. The fraction of sp³-hybridized carbons (Fsp3) is 0.235. The second kappa shape index (κ2) is 8.89. The Balaban J connectivity index is 2.10. The molecule has 1 aromatic carbocycles. The lowest BCUT2D eigenvalue weighted by Gasteiger charge is -2.21. The molecule has 0 saturated heterocycles. The summed E-state index contributed by atoms with van der Waals surface area (Å²) < 4.78 is 77.3. The Bertz CT molecular complexity index is 934. The van der Waals surface area contributed by atoms with Crippen molar-refractivity contribution in [2.45, 2.75) is 11.1 Å². The van der Waals surface area contributed by atoms with Crippen LogP contribution in [0.15, 0.2) is 54.1 Å². The van der Waals surface area contributed by atoms with E-state index in [2.05, 4.69) is 16.9 Å². The lowest BCUT2D eigenvalue weighted by Crippen LogP contribution is -2.35. The van der Waals surface area contributed by atoms with Crippen molar-refractivity contribution in [1.29, 1.82) is 0 Å². The van der Waals surface area contributed by atoms with Gasteiger partial charge >= 0.3 is 6.18 Å². The molecule has 0 aliphatic carbocycles. The van der Waals surface area contributed by atoms with Crippen LogP contribution in [0, 0.1) is 5.82 Å². The van der Waals surface area contributed by atoms with E-state index < -0.39 is 27.6 Å². The summed E-state index contributed by atoms with van der Waals surface area (Å²) in [6, 6.07) is 5.07. The Hall–Kier alpha value is -2.17. The van der Waals surface area contributed by atoms with Crippen molar-refractivity contribution in [2.24, 2.45) is 0 Å². The lowest BCUT2D eigenvalue weighted by atomic mass is 10.3. The predicted molar refractivity (Wildman–Crippen MR) is 98.1 cm³/mol. The summed E-state index contributed by atoms with van der Waals surface area (Å²) in [7, 11) is -3.92. The molecule has 0 bridgehead atoms. The van der Waals surface area contributed by atoms with Gasteiger partial charge in [0.2, 0.25) is 10.0 Å². The monoisotopic (exact) mass is 437 g/mol. The molecule has 1 heterocycles. The number of sulfonamides is 1. The number of benzene rings is 1. The number of rotatable bonds is 8. The van der Waals surface area contributed by atoms with E-state index in [1.165, 1.54) is 6.08 Å². The molecule has 0 aliphatic rings. The minimum absolute atomic E-state index is 0.00704. The van der Waals surface area contributed by atoms with Crippen LogP contribution >= 0.6 is 11.6 Å². The molecule has 2 aromatic rings. The number of aromatic nitrogens is 1. The highest BCUT2D eigenvalue weighted by molar-refractivity contribution is 7.89. The maximum Gasteiger partial charge on any atom is 0.417 e. The molecule has 0 atom stereocenters. The zero-order valence-corrected chi connectivity index (χ0v) is 16.0. The van der Waals surface area contributed by atoms with Crippen molar-refractivity contribution >= 4 is 27.4 Å². The molecule has 152 valence electrons. The number of halogens is 5. The molecule has 0 amide bonds. The molecule has 2 rings (SSSR count). The molecule has 0 spiro atoms. The third-order valence-electron chi connectivity index (χ3n) is 3.61. The van der Waals surface area contributed by atoms with E-state index in [-0.39, 0.29) is 35.4 Å². The summed E-state index contributed by atoms with van der Waals surface area (Å²) in [4.78, 5) is 3.53. The van der Waals surface area contributed by atoms with Crippen molar-refractivity contribution in [3.63, 3.8) is 0 Å². The van der Waals surface area contributed by atoms with Gasteiger partial charge in [-0.25, -0.2) is 17.8 Å². The first-order valence-electron chi connectivity index (χ1n) is 7.89. The largest absolute Gasteiger partial charge is 0.417 e. The molecule has 0 radical (unpaired) electrons. The summed E-state index contributed by atoms with van der Waals surface area (Å²) >= 11 is 5.80. The van der Waals surface area contributed by atoms with Crippen molar-refractivity contribution in [3.05, 3.63) is 65.6 Å². The predicted octanol–water partition coefficient (Wildman–Crippen LogP) is 4.18. The summed E-state index contributed by atoms with van der Waals surface area (Å²) in [5, 5.41) is 2.46. The molecule has 0 saturated carbocycles. The fourth-order valence-corrected chi connectivity index (χ4v) is 3.88. The molecular weight excluding hydrogens is 422 g/mol. The standard InChI is InChI=1S/C17H16ClF4N3O2S/c1-2-8-25(28(26,27)14-5-3-13(19)4-6-14)9-7-23-16-15(18)10-12(11-24-16)17(20,21)22/h2-6,10-11H,1,7-9H2,(H,23,24). The average Bonchev–Trinajstić information content (AvgIpc) is 2.61. The summed E-state index contributed by atoms with van der Waals surface area (Å²) in [6.45, 7) is 3.46. The van der Waals surface area contributed by atoms with Gasteiger partial charge in [0.05, 0.1) is 15.5 Å². The Labute approximate surface area is 164 Å². The minimum Gasteiger partial charge on any atom is -0.368 e. The first-order valence-corrected chi connectivity index (χ1v) is 9.70. The van der Waals surface area contributed by atoms with Gasteiger partial charge in [-0.05, 0) is 30.3 Å². The van der Waals surface area contributed by atoms with E-state index in [9.17, 15) is 26.0 Å². The van der Waals surface area contributed by atoms with Gasteiger partial charge in [-0.15, -0.1) is 6.58 Å². The van der Waals surface area contributed by atoms with Crippen molar-refractivity contribution in [2.75, 3.05) is 25.0 Å². The average molecular weight is 438 g/mol. The second-order valence-electron chi connectivity index (χ2n) is 5.58. The summed E-state index contributed by atoms with van der Waals surface area (Å²) in [5.41, 5.74) is -0.991. The zero-order chi connectivity index (χ0) is 20.9. The Morgan fingerprint density at radius 1 is 1.25 bits per heavy atom. The van der Waals surface area contributed by atoms with E-state index in [4.69, 9.17) is 11.6 Å². The molecule has 0 fully saturated rings. The number of pyridine rings is 1. The van der Waals surface area contributed by atoms with E-state index in [0.29, 0.717) is 6.20 Å². The normalized spacial score (nSPS) is 12.2. The topological polar surface area (TPSA) is 62.3 Å². The van der Waals surface area contributed by atoms with Gasteiger partial charge in [0.15, 0.2) is 0 Å². The van der Waals surface area contributed by atoms with Gasteiger partial charge in [0.25, 0.3) is 0 Å². The van der Waals surface area contributed by atoms with Gasteiger partial charge in [0, 0.05) is 25.8 Å². The lowest BCUT2D eigenvalue weighted by molar-refractivity contribution is -0.137. The number of nitrogens with zero attached hydrogens (tertiary/aromatic N) is 2. The van der Waals surface area contributed by atoms with E-state index in [0.717, 1.165) is 34.6 Å². The second-order valence-corrected chi connectivity index (χ2v) is 7.93. The molecule has 1 aromatic heterocycles. The van der Waals surface area contributed by atoms with Gasteiger partial charge in [-0.2, -0.15) is 17.5 Å². The first-order chi connectivity index (χ1) is 13.1. The van der Waals surface area contributed by atoms with Crippen LogP contribution in [0.1, 0.15) is 5.56 Å². The SMILES string of the molecule is C=CCN(CCNc1ncc(C(F)(F)F)cc1Cl)S(=O)(=O)c1ccc(F)cc1. The molecule has 0 unspecified atom stereocenters. The molecule has 28 heavy (non-hydrogen) atoms. The van der Waals surface area contributed by atoms with E-state index in [1.54, 1.807) is 0 Å². The van der Waals surface area contributed by atoms with Gasteiger partial charge < -0.3 is 5.32 Å². The van der Waals surface area contributed by atoms with Crippen LogP contribution in [-0.4, -0.2) is 37.3 Å². The van der Waals surface area contributed by atoms with Crippen LogP contribution < -0.4 is 5.32 Å². The summed E-state index contributed by atoms with van der Waals surface area (Å²) in [5.74, 6) is -0.577. The Morgan fingerprint density at radius 3 is 2.43 bits per heavy atom. The fourth-order valence-electron chi connectivity index (χ4n) is 2.23. The van der Waals surface area contributed by atoms with Gasteiger partial charge in [0.1, 0.15) is 11.6 Å². The minimum atomic E-state index is -4.57. The van der Waals surface area contributed by atoms with Gasteiger partial charge in [-0.1, -0.05) is 17.7 Å². The van der Waals surface area contributed by atoms with Crippen molar-refractivity contribution in [1.82, 2.24) is 9.29 Å². The van der Waals surface area contributed by atoms with Crippen molar-refractivity contribution < 1.29 is 26.0 Å². The molecule has 0 aliphatic heterocycles. The number of alkyl halides is 3. The number of hydrogen-bond donors (Lipinski definition) is 1. The van der Waals surface area contributed by atoms with Crippen LogP contribution in [0.2, 0.25) is 5.02 Å². The maximum absolute atomic E-state index is 13.0. The van der Waals surface area contributed by atoms with Crippen LogP contribution in [0.25, 0.3) is 0 Å². The zero-order valence-electron chi connectivity index (χ0n) is 14.4. The van der Waals surface area contributed by atoms with Crippen LogP contribution in [0.3, 0.4) is 0 Å². The van der Waals surface area contributed by atoms with E-state index in [1.807, 2.05) is 0 Å². The molecule has 5 nitrogen and oxygen atoms in total. The Kier molecular flexibility index (Phi) is 7.02. The highest BCUT2D eigenvalue weighted by Gasteiger charge is 2.31. The molecular formula is C17H16ClF4N3O2S. The third kappa shape index (κ3) is 5.43. The highest BCUT2D eigenvalue weighted by atomic mass is 35.5. The smallest absolute Gasteiger partial charge is 0.368 e. The summed E-state index contributed by atoms with van der Waals surface area (Å²) in [6.07, 6.45) is -2.56. The van der Waals surface area contributed by atoms with Crippen LogP contribution in [-0.2, 0) is 16.2 Å². The van der Waals surface area contributed by atoms with Gasteiger partial charge in [-0.3, -0.25) is 0 Å². The number of hydrogen-bond acceptors (Lipinski definition) is 4. The first kappa shape index (κ1) is 22.1. The highest BCUT2D eigenvalue weighted by Crippen LogP contribution is 2.32. The quantitative estimate of drug-likeness (QED) is 0.497. The number of nitrogens with one attached hydrogen (secondary N) is 1. The maximum atomic E-state index is 13.0. The molecule has 11 heteroatoms. The van der Waals surface area contributed by atoms with Crippen molar-refractivity contribution in [3.8, 4) is 0 Å². The van der Waals surface area contributed by atoms with E-state index >= 15 is 0 Å². The van der Waals surface area contributed by atoms with Crippen LogP contribution in [0.5, 0.6) is 0 Å². The Morgan fingerprint density at radius 2 is 1.89 bits per heavy atom. The third-order valence-corrected chi connectivity index (χ3v) is 5.77.